The van der Waals surface area contributed by atoms with Crippen LogP contribution in [0.25, 0.3) is 0 Å². The molecule has 8 heteroatoms. The van der Waals surface area contributed by atoms with Crippen LogP contribution in [0.3, 0.4) is 0 Å². The van der Waals surface area contributed by atoms with Crippen LogP contribution in [0, 0.1) is 5.92 Å². The Morgan fingerprint density at radius 3 is 2.38 bits per heavy atom. The molecule has 0 bridgehead atoms. The fourth-order valence-corrected chi connectivity index (χ4v) is 3.83. The van der Waals surface area contributed by atoms with Crippen molar-refractivity contribution in [2.24, 2.45) is 5.92 Å². The van der Waals surface area contributed by atoms with E-state index < -0.39 is 0 Å². The van der Waals surface area contributed by atoms with Crippen LogP contribution in [-0.4, -0.2) is 53.8 Å². The van der Waals surface area contributed by atoms with Crippen LogP contribution in [0.15, 0.2) is 42.6 Å². The van der Waals surface area contributed by atoms with Crippen molar-refractivity contribution >= 4 is 35.1 Å². The highest BCUT2D eigenvalue weighted by molar-refractivity contribution is 6.30. The molecule has 1 aromatic heterocycles. The van der Waals surface area contributed by atoms with Gasteiger partial charge < -0.3 is 9.80 Å². The SMILES string of the molecule is O=C1CC(Cc2ccc(C(=O)N3CCN(c4ccc(Cl)cn4)CC3)cc2)C(=O)N1. The van der Waals surface area contributed by atoms with Crippen molar-refractivity contribution in [2.75, 3.05) is 31.1 Å². The number of aromatic nitrogens is 1. The lowest BCUT2D eigenvalue weighted by molar-refractivity contribution is -0.125. The third-order valence-corrected chi connectivity index (χ3v) is 5.57. The Labute approximate surface area is 173 Å². The van der Waals surface area contributed by atoms with Gasteiger partial charge in [-0.1, -0.05) is 23.7 Å². The number of nitrogens with one attached hydrogen (secondary N) is 1. The van der Waals surface area contributed by atoms with Gasteiger partial charge in [-0.15, -0.1) is 0 Å². The lowest BCUT2D eigenvalue weighted by Crippen LogP contribution is -2.49. The summed E-state index contributed by atoms with van der Waals surface area (Å²) in [7, 11) is 0. The van der Waals surface area contributed by atoms with E-state index in [1.807, 2.05) is 29.2 Å². The number of hydrogen-bond donors (Lipinski definition) is 1. The average molecular weight is 413 g/mol. The summed E-state index contributed by atoms with van der Waals surface area (Å²) in [4.78, 5) is 44.1. The third-order valence-electron chi connectivity index (χ3n) is 5.35. The van der Waals surface area contributed by atoms with Gasteiger partial charge in [-0.3, -0.25) is 19.7 Å². The summed E-state index contributed by atoms with van der Waals surface area (Å²) in [6.07, 6.45) is 2.35. The molecule has 2 saturated heterocycles. The summed E-state index contributed by atoms with van der Waals surface area (Å²) in [5.41, 5.74) is 1.56. The quantitative estimate of drug-likeness (QED) is 0.775. The van der Waals surface area contributed by atoms with Gasteiger partial charge in [-0.05, 0) is 36.2 Å². The fourth-order valence-electron chi connectivity index (χ4n) is 3.72. The molecule has 4 rings (SSSR count). The van der Waals surface area contributed by atoms with Crippen molar-refractivity contribution in [3.05, 3.63) is 58.7 Å². The van der Waals surface area contributed by atoms with Crippen LogP contribution < -0.4 is 10.2 Å². The van der Waals surface area contributed by atoms with Crippen molar-refractivity contribution in [3.63, 3.8) is 0 Å². The Kier molecular flexibility index (Phi) is 5.49. The van der Waals surface area contributed by atoms with E-state index in [0.29, 0.717) is 43.2 Å². The number of carbonyl (C=O) groups is 3. The number of carbonyl (C=O) groups excluding carboxylic acids is 3. The predicted octanol–water partition coefficient (Wildman–Crippen LogP) is 1.90. The molecular formula is C21H21ClN4O3. The standard InChI is InChI=1S/C21H21ClN4O3/c22-17-5-6-18(23-13-17)25-7-9-26(10-8-25)21(29)15-3-1-14(2-4-15)11-16-12-19(27)24-20(16)28/h1-6,13,16H,7-12H2,(H,24,27,28). The first kappa shape index (κ1) is 19.4. The molecule has 0 aliphatic carbocycles. The number of halogens is 1. The van der Waals surface area contributed by atoms with Crippen molar-refractivity contribution in [3.8, 4) is 0 Å². The number of nitrogens with zero attached hydrogens (tertiary/aromatic N) is 3. The van der Waals surface area contributed by atoms with Crippen molar-refractivity contribution < 1.29 is 14.4 Å². The topological polar surface area (TPSA) is 82.6 Å². The number of hydrogen-bond acceptors (Lipinski definition) is 5. The molecular weight excluding hydrogens is 392 g/mol. The first-order valence-electron chi connectivity index (χ1n) is 9.58. The van der Waals surface area contributed by atoms with E-state index in [1.54, 1.807) is 18.3 Å². The van der Waals surface area contributed by atoms with Gasteiger partial charge in [0.1, 0.15) is 5.82 Å². The van der Waals surface area contributed by atoms with Gasteiger partial charge in [0.2, 0.25) is 11.8 Å². The molecule has 2 aliphatic heterocycles. The summed E-state index contributed by atoms with van der Waals surface area (Å²) < 4.78 is 0. The van der Waals surface area contributed by atoms with E-state index in [9.17, 15) is 14.4 Å². The van der Waals surface area contributed by atoms with E-state index in [0.717, 1.165) is 11.4 Å². The Morgan fingerprint density at radius 1 is 1.07 bits per heavy atom. The summed E-state index contributed by atoms with van der Waals surface area (Å²) in [5.74, 6) is 0.0934. The summed E-state index contributed by atoms with van der Waals surface area (Å²) >= 11 is 5.89. The van der Waals surface area contributed by atoms with Gasteiger partial charge in [0, 0.05) is 44.4 Å². The zero-order valence-electron chi connectivity index (χ0n) is 15.8. The minimum Gasteiger partial charge on any atom is -0.353 e. The van der Waals surface area contributed by atoms with Gasteiger partial charge in [0.25, 0.3) is 5.91 Å². The van der Waals surface area contributed by atoms with Crippen molar-refractivity contribution in [1.82, 2.24) is 15.2 Å². The van der Waals surface area contributed by atoms with Crippen LogP contribution >= 0.6 is 11.6 Å². The normalized spacial score (nSPS) is 19.4. The monoisotopic (exact) mass is 412 g/mol. The Hall–Kier alpha value is -2.93. The highest BCUT2D eigenvalue weighted by Gasteiger charge is 2.30. The minimum atomic E-state index is -0.321. The molecule has 0 saturated carbocycles. The number of imide groups is 1. The molecule has 29 heavy (non-hydrogen) atoms. The highest BCUT2D eigenvalue weighted by atomic mass is 35.5. The van der Waals surface area contributed by atoms with Gasteiger partial charge in [-0.25, -0.2) is 4.98 Å². The van der Waals surface area contributed by atoms with E-state index >= 15 is 0 Å². The zero-order valence-corrected chi connectivity index (χ0v) is 16.6. The zero-order chi connectivity index (χ0) is 20.4. The number of pyridine rings is 1. The smallest absolute Gasteiger partial charge is 0.253 e. The molecule has 150 valence electrons. The molecule has 1 aromatic carbocycles. The number of piperazine rings is 1. The van der Waals surface area contributed by atoms with Crippen LogP contribution in [0.4, 0.5) is 5.82 Å². The van der Waals surface area contributed by atoms with Crippen molar-refractivity contribution in [1.29, 1.82) is 0 Å². The number of anilines is 1. The highest BCUT2D eigenvalue weighted by Crippen LogP contribution is 2.20. The van der Waals surface area contributed by atoms with Gasteiger partial charge in [0.05, 0.1) is 10.9 Å². The Bertz CT molecular complexity index is 922. The maximum absolute atomic E-state index is 12.8. The van der Waals surface area contributed by atoms with E-state index in [4.69, 9.17) is 11.6 Å². The molecule has 7 nitrogen and oxygen atoms in total. The van der Waals surface area contributed by atoms with E-state index in [2.05, 4.69) is 15.2 Å². The maximum Gasteiger partial charge on any atom is 0.253 e. The number of benzene rings is 1. The largest absolute Gasteiger partial charge is 0.353 e. The van der Waals surface area contributed by atoms with Gasteiger partial charge in [0.15, 0.2) is 0 Å². The van der Waals surface area contributed by atoms with E-state index in [-0.39, 0.29) is 30.1 Å². The molecule has 1 N–H and O–H groups in total. The molecule has 2 fully saturated rings. The Balaban J connectivity index is 1.33. The summed E-state index contributed by atoms with van der Waals surface area (Å²) in [5, 5.41) is 2.93. The molecule has 3 heterocycles. The number of rotatable bonds is 4. The molecule has 0 spiro atoms. The average Bonchev–Trinajstić information content (AvgIpc) is 3.05. The summed E-state index contributed by atoms with van der Waals surface area (Å²) in [6, 6.07) is 11.0. The molecule has 3 amide bonds. The van der Waals surface area contributed by atoms with Gasteiger partial charge >= 0.3 is 0 Å². The molecule has 0 radical (unpaired) electrons. The van der Waals surface area contributed by atoms with Gasteiger partial charge in [-0.2, -0.15) is 0 Å². The third kappa shape index (κ3) is 4.40. The summed E-state index contributed by atoms with van der Waals surface area (Å²) in [6.45, 7) is 2.66. The second-order valence-corrected chi connectivity index (χ2v) is 7.76. The molecule has 2 aliphatic rings. The van der Waals surface area contributed by atoms with Crippen LogP contribution in [0.2, 0.25) is 5.02 Å². The minimum absolute atomic E-state index is 0.00551. The first-order chi connectivity index (χ1) is 14.0. The van der Waals surface area contributed by atoms with Crippen LogP contribution in [-0.2, 0) is 16.0 Å². The second kappa shape index (κ2) is 8.21. The van der Waals surface area contributed by atoms with E-state index in [1.165, 1.54) is 0 Å². The fraction of sp³-hybridized carbons (Fsp3) is 0.333. The first-order valence-corrected chi connectivity index (χ1v) is 9.96. The number of amides is 3. The van der Waals surface area contributed by atoms with Crippen LogP contribution in [0.5, 0.6) is 0 Å². The lowest BCUT2D eigenvalue weighted by atomic mass is 9.97. The molecule has 1 unspecified atom stereocenters. The second-order valence-electron chi connectivity index (χ2n) is 7.33. The molecule has 1 atom stereocenters. The van der Waals surface area contributed by atoms with Crippen molar-refractivity contribution in [2.45, 2.75) is 12.8 Å². The van der Waals surface area contributed by atoms with Crippen LogP contribution in [0.1, 0.15) is 22.3 Å². The lowest BCUT2D eigenvalue weighted by Gasteiger charge is -2.35. The molecule has 2 aromatic rings. The predicted molar refractivity (Wildman–Crippen MR) is 109 cm³/mol. The Morgan fingerprint density at radius 2 is 1.79 bits per heavy atom. The maximum atomic E-state index is 12.8.